The van der Waals surface area contributed by atoms with Gasteiger partial charge in [-0.15, -0.1) is 0 Å². The average Bonchev–Trinajstić information content (AvgIpc) is 2.48. The van der Waals surface area contributed by atoms with Gasteiger partial charge in [0.25, 0.3) is 0 Å². The molecule has 2 fully saturated rings. The quantitative estimate of drug-likeness (QED) is 0.582. The van der Waals surface area contributed by atoms with Crippen LogP contribution in [0.5, 0.6) is 0 Å². The van der Waals surface area contributed by atoms with E-state index in [4.69, 9.17) is 15.3 Å². The molecule has 20 heavy (non-hydrogen) atoms. The fourth-order valence-corrected chi connectivity index (χ4v) is 4.15. The molecule has 4 nitrogen and oxygen atoms in total. The topological polar surface area (TPSA) is 56.5 Å². The lowest BCUT2D eigenvalue weighted by Gasteiger charge is -2.46. The summed E-state index contributed by atoms with van der Waals surface area (Å²) in [5.74, 6) is 6.43. The first-order valence-electron chi connectivity index (χ1n) is 8.46. The Morgan fingerprint density at radius 1 is 1.30 bits per heavy atom. The van der Waals surface area contributed by atoms with Crippen LogP contribution in [0.3, 0.4) is 0 Å². The molecule has 1 spiro atoms. The summed E-state index contributed by atoms with van der Waals surface area (Å²) in [4.78, 5) is 0. The minimum Gasteiger partial charge on any atom is -0.377 e. The van der Waals surface area contributed by atoms with E-state index in [1.165, 1.54) is 32.1 Å². The molecule has 0 aromatic heterocycles. The molecular weight excluding hydrogens is 252 g/mol. The Morgan fingerprint density at radius 2 is 2.05 bits per heavy atom. The summed E-state index contributed by atoms with van der Waals surface area (Å²) >= 11 is 0. The van der Waals surface area contributed by atoms with Gasteiger partial charge in [-0.2, -0.15) is 0 Å². The van der Waals surface area contributed by atoms with Gasteiger partial charge in [0.2, 0.25) is 0 Å². The minimum atomic E-state index is 0.140. The van der Waals surface area contributed by atoms with Crippen molar-refractivity contribution in [3.8, 4) is 0 Å². The van der Waals surface area contributed by atoms with Crippen LogP contribution in [-0.4, -0.2) is 31.0 Å². The van der Waals surface area contributed by atoms with Crippen LogP contribution in [0, 0.1) is 5.92 Å². The second kappa shape index (κ2) is 7.74. The summed E-state index contributed by atoms with van der Waals surface area (Å²) in [6, 6.07) is 0.252. The third kappa shape index (κ3) is 3.73. The van der Waals surface area contributed by atoms with Gasteiger partial charge in [-0.3, -0.25) is 11.3 Å². The largest absolute Gasteiger partial charge is 0.377 e. The summed E-state index contributed by atoms with van der Waals surface area (Å²) in [7, 11) is 0. The molecule has 0 aromatic carbocycles. The normalized spacial score (nSPS) is 29.2. The molecule has 0 aromatic rings. The van der Waals surface area contributed by atoms with Crippen LogP contribution in [0.15, 0.2) is 0 Å². The number of hydrazine groups is 1. The van der Waals surface area contributed by atoms with Crippen molar-refractivity contribution in [2.45, 2.75) is 83.0 Å². The lowest BCUT2D eigenvalue weighted by atomic mass is 9.73. The number of rotatable bonds is 6. The maximum Gasteiger partial charge on any atom is 0.0741 e. The number of hydrogen-bond acceptors (Lipinski definition) is 4. The van der Waals surface area contributed by atoms with Crippen molar-refractivity contribution < 1.29 is 9.47 Å². The van der Waals surface area contributed by atoms with E-state index in [9.17, 15) is 0 Å². The smallest absolute Gasteiger partial charge is 0.0741 e. The lowest BCUT2D eigenvalue weighted by molar-refractivity contribution is -0.129. The van der Waals surface area contributed by atoms with E-state index in [2.05, 4.69) is 19.3 Å². The Labute approximate surface area is 123 Å². The lowest BCUT2D eigenvalue weighted by Crippen LogP contribution is -2.54. The van der Waals surface area contributed by atoms with Gasteiger partial charge in [-0.25, -0.2) is 0 Å². The van der Waals surface area contributed by atoms with Crippen molar-refractivity contribution in [3.05, 3.63) is 0 Å². The van der Waals surface area contributed by atoms with Gasteiger partial charge in [0, 0.05) is 13.2 Å². The molecule has 0 bridgehead atoms. The van der Waals surface area contributed by atoms with Crippen LogP contribution in [0.1, 0.15) is 65.2 Å². The van der Waals surface area contributed by atoms with Crippen LogP contribution in [0.4, 0.5) is 0 Å². The molecule has 0 radical (unpaired) electrons. The molecule has 3 unspecified atom stereocenters. The fourth-order valence-electron chi connectivity index (χ4n) is 4.15. The van der Waals surface area contributed by atoms with Crippen molar-refractivity contribution in [2.24, 2.45) is 11.8 Å². The second-order valence-corrected chi connectivity index (χ2v) is 6.44. The first kappa shape index (κ1) is 16.2. The van der Waals surface area contributed by atoms with E-state index in [-0.39, 0.29) is 17.7 Å². The highest BCUT2D eigenvalue weighted by molar-refractivity contribution is 4.94. The predicted octanol–water partition coefficient (Wildman–Crippen LogP) is 2.76. The molecule has 1 saturated heterocycles. The highest BCUT2D eigenvalue weighted by atomic mass is 16.5. The summed E-state index contributed by atoms with van der Waals surface area (Å²) in [6.45, 7) is 5.87. The van der Waals surface area contributed by atoms with Crippen LogP contribution < -0.4 is 11.3 Å². The maximum atomic E-state index is 6.20. The summed E-state index contributed by atoms with van der Waals surface area (Å²) in [6.07, 6.45) is 9.92. The van der Waals surface area contributed by atoms with Gasteiger partial charge >= 0.3 is 0 Å². The zero-order chi connectivity index (χ0) is 14.4. The molecule has 2 aliphatic rings. The van der Waals surface area contributed by atoms with Gasteiger partial charge in [0.05, 0.1) is 17.7 Å². The summed E-state index contributed by atoms with van der Waals surface area (Å²) in [5, 5.41) is 0. The Balaban J connectivity index is 2.01. The van der Waals surface area contributed by atoms with Crippen LogP contribution >= 0.6 is 0 Å². The molecule has 1 saturated carbocycles. The molecule has 1 aliphatic carbocycles. The molecule has 1 aliphatic heterocycles. The minimum absolute atomic E-state index is 0.140. The Hall–Kier alpha value is -0.160. The number of nitrogens with one attached hydrogen (secondary N) is 1. The molecule has 3 atom stereocenters. The van der Waals surface area contributed by atoms with E-state index >= 15 is 0 Å². The third-order valence-corrected chi connectivity index (χ3v) is 5.18. The van der Waals surface area contributed by atoms with Crippen molar-refractivity contribution in [1.82, 2.24) is 5.43 Å². The summed E-state index contributed by atoms with van der Waals surface area (Å²) < 4.78 is 12.1. The monoisotopic (exact) mass is 284 g/mol. The van der Waals surface area contributed by atoms with Gasteiger partial charge < -0.3 is 9.47 Å². The molecular formula is C16H32N2O2. The zero-order valence-corrected chi connectivity index (χ0v) is 13.2. The van der Waals surface area contributed by atoms with E-state index in [0.29, 0.717) is 5.92 Å². The van der Waals surface area contributed by atoms with Crippen LogP contribution in [0.2, 0.25) is 0 Å². The Bertz CT molecular complexity index is 274. The van der Waals surface area contributed by atoms with Gasteiger partial charge in [-0.1, -0.05) is 26.2 Å². The maximum absolute atomic E-state index is 6.20. The molecule has 2 rings (SSSR count). The highest BCUT2D eigenvalue weighted by Gasteiger charge is 2.42. The van der Waals surface area contributed by atoms with Crippen molar-refractivity contribution in [2.75, 3.05) is 13.2 Å². The van der Waals surface area contributed by atoms with Crippen molar-refractivity contribution >= 4 is 0 Å². The van der Waals surface area contributed by atoms with Crippen molar-refractivity contribution in [1.29, 1.82) is 0 Å². The fraction of sp³-hybridized carbons (Fsp3) is 1.00. The van der Waals surface area contributed by atoms with Gasteiger partial charge in [0.15, 0.2) is 0 Å². The van der Waals surface area contributed by atoms with E-state index < -0.39 is 0 Å². The number of ether oxygens (including phenoxy) is 2. The summed E-state index contributed by atoms with van der Waals surface area (Å²) in [5.41, 5.74) is 3.19. The first-order chi connectivity index (χ1) is 9.74. The Kier molecular flexibility index (Phi) is 6.27. The SMILES string of the molecule is CCOC(CC)C(NN)C1CCOC2(CCCCC2)C1. The van der Waals surface area contributed by atoms with Gasteiger partial charge in [-0.05, 0) is 44.9 Å². The standard InChI is InChI=1S/C16H32N2O2/c1-3-14(19-4-2)15(18-17)13-8-11-20-16(12-13)9-6-5-7-10-16/h13-15,18H,3-12,17H2,1-2H3. The van der Waals surface area contributed by atoms with Crippen molar-refractivity contribution in [3.63, 3.8) is 0 Å². The molecule has 0 amide bonds. The van der Waals surface area contributed by atoms with Crippen LogP contribution in [-0.2, 0) is 9.47 Å². The van der Waals surface area contributed by atoms with E-state index in [1.54, 1.807) is 0 Å². The molecule has 4 heteroatoms. The molecule has 118 valence electrons. The Morgan fingerprint density at radius 3 is 2.65 bits per heavy atom. The first-order valence-corrected chi connectivity index (χ1v) is 8.46. The second-order valence-electron chi connectivity index (χ2n) is 6.44. The van der Waals surface area contributed by atoms with Gasteiger partial charge in [0.1, 0.15) is 0 Å². The van der Waals surface area contributed by atoms with E-state index in [0.717, 1.165) is 32.5 Å². The third-order valence-electron chi connectivity index (χ3n) is 5.18. The number of hydrogen-bond donors (Lipinski definition) is 2. The highest BCUT2D eigenvalue weighted by Crippen LogP contribution is 2.42. The van der Waals surface area contributed by atoms with E-state index in [1.807, 2.05) is 0 Å². The molecule has 3 N–H and O–H groups in total. The van der Waals surface area contributed by atoms with Crippen LogP contribution in [0.25, 0.3) is 0 Å². The zero-order valence-electron chi connectivity index (χ0n) is 13.2. The average molecular weight is 284 g/mol. The molecule has 1 heterocycles. The predicted molar refractivity (Wildman–Crippen MR) is 81.3 cm³/mol. The number of nitrogens with two attached hydrogens (primary N) is 1.